The molecule has 1 saturated heterocycles. The average Bonchev–Trinajstić information content (AvgIpc) is 2.53. The molecule has 0 radical (unpaired) electrons. The van der Waals surface area contributed by atoms with Crippen molar-refractivity contribution in [3.05, 3.63) is 29.8 Å². The highest BCUT2D eigenvalue weighted by Gasteiger charge is 2.36. The quantitative estimate of drug-likeness (QED) is 0.744. The summed E-state index contributed by atoms with van der Waals surface area (Å²) >= 11 is 0. The highest BCUT2D eigenvalue weighted by Crippen LogP contribution is 2.32. The summed E-state index contributed by atoms with van der Waals surface area (Å²) in [5.41, 5.74) is -1.03. The van der Waals surface area contributed by atoms with Gasteiger partial charge in [0.15, 0.2) is 9.84 Å². The molecule has 0 amide bonds. The smallest absolute Gasteiger partial charge is 0.229 e. The summed E-state index contributed by atoms with van der Waals surface area (Å²) in [6, 6.07) is 3.59. The van der Waals surface area contributed by atoms with Gasteiger partial charge in [0, 0.05) is 13.1 Å². The number of halogens is 3. The first kappa shape index (κ1) is 21.2. The Labute approximate surface area is 152 Å². The van der Waals surface area contributed by atoms with Crippen LogP contribution in [-0.4, -0.2) is 45.2 Å². The third-order valence-corrected chi connectivity index (χ3v) is 8.79. The van der Waals surface area contributed by atoms with Crippen molar-refractivity contribution in [1.29, 1.82) is 0 Å². The van der Waals surface area contributed by atoms with E-state index in [2.05, 4.69) is 0 Å². The van der Waals surface area contributed by atoms with E-state index in [9.17, 15) is 30.0 Å². The van der Waals surface area contributed by atoms with Gasteiger partial charge in [0.05, 0.1) is 21.5 Å². The van der Waals surface area contributed by atoms with E-state index in [1.807, 2.05) is 0 Å². The number of piperidine rings is 1. The Hall–Kier alpha value is -1.13. The molecule has 0 saturated carbocycles. The summed E-state index contributed by atoms with van der Waals surface area (Å²) in [7, 11) is -7.41. The Bertz CT molecular complexity index is 840. The van der Waals surface area contributed by atoms with Gasteiger partial charge in [0.25, 0.3) is 0 Å². The van der Waals surface area contributed by atoms with Crippen LogP contribution in [0.5, 0.6) is 0 Å². The highest BCUT2D eigenvalue weighted by atomic mass is 32.2. The van der Waals surface area contributed by atoms with Gasteiger partial charge in [0.2, 0.25) is 10.0 Å². The number of sulfone groups is 1. The van der Waals surface area contributed by atoms with E-state index in [-0.39, 0.29) is 37.6 Å². The van der Waals surface area contributed by atoms with Gasteiger partial charge in [-0.05, 0) is 37.0 Å². The van der Waals surface area contributed by atoms with Crippen LogP contribution in [0.4, 0.5) is 13.2 Å². The van der Waals surface area contributed by atoms with Crippen molar-refractivity contribution >= 4 is 19.9 Å². The molecule has 1 aromatic rings. The first-order valence-corrected chi connectivity index (χ1v) is 11.4. The lowest BCUT2D eigenvalue weighted by Crippen LogP contribution is -2.43. The second-order valence-electron chi connectivity index (χ2n) is 6.85. The molecule has 0 atom stereocenters. The molecular formula is C16H22F3NO4S2. The predicted octanol–water partition coefficient (Wildman–Crippen LogP) is 2.93. The Morgan fingerprint density at radius 3 is 2.19 bits per heavy atom. The van der Waals surface area contributed by atoms with Gasteiger partial charge in [-0.1, -0.05) is 19.9 Å². The zero-order valence-corrected chi connectivity index (χ0v) is 16.2. The van der Waals surface area contributed by atoms with E-state index < -0.39 is 41.7 Å². The highest BCUT2D eigenvalue weighted by molar-refractivity contribution is 7.92. The standard InChI is InChI=1S/C16H22F3NO4S2/c1-12(2)11-25(21,22)14-6-8-20(9-7-14)26(23,24)15-5-3-4-13(10-15)16(17,18)19/h3-5,10,12,14H,6-9,11H2,1-2H3. The van der Waals surface area contributed by atoms with E-state index in [0.29, 0.717) is 6.07 Å². The maximum absolute atomic E-state index is 12.8. The van der Waals surface area contributed by atoms with Gasteiger partial charge >= 0.3 is 6.18 Å². The molecule has 5 nitrogen and oxygen atoms in total. The molecule has 1 aromatic carbocycles. The number of nitrogens with zero attached hydrogens (tertiary/aromatic N) is 1. The molecule has 0 aliphatic carbocycles. The molecule has 1 aliphatic heterocycles. The minimum atomic E-state index is -4.64. The summed E-state index contributed by atoms with van der Waals surface area (Å²) in [4.78, 5) is -0.434. The molecular weight excluding hydrogens is 391 g/mol. The molecule has 26 heavy (non-hydrogen) atoms. The van der Waals surface area contributed by atoms with Crippen LogP contribution < -0.4 is 0 Å². The molecule has 0 N–H and O–H groups in total. The fourth-order valence-electron chi connectivity index (χ4n) is 3.01. The largest absolute Gasteiger partial charge is 0.416 e. The van der Waals surface area contributed by atoms with E-state index in [1.54, 1.807) is 13.8 Å². The summed E-state index contributed by atoms with van der Waals surface area (Å²) in [5.74, 6) is 0.0183. The Kier molecular flexibility index (Phi) is 6.09. The molecule has 2 rings (SSSR count). The van der Waals surface area contributed by atoms with Gasteiger partial charge in [-0.3, -0.25) is 0 Å². The van der Waals surface area contributed by atoms with Crippen molar-refractivity contribution in [3.63, 3.8) is 0 Å². The fourth-order valence-corrected chi connectivity index (χ4v) is 6.66. The van der Waals surface area contributed by atoms with Crippen molar-refractivity contribution in [3.8, 4) is 0 Å². The van der Waals surface area contributed by atoms with Crippen LogP contribution in [0, 0.1) is 5.92 Å². The SMILES string of the molecule is CC(C)CS(=O)(=O)C1CCN(S(=O)(=O)c2cccc(C(F)(F)F)c2)CC1. The lowest BCUT2D eigenvalue weighted by molar-refractivity contribution is -0.137. The van der Waals surface area contributed by atoms with Gasteiger partial charge in [-0.15, -0.1) is 0 Å². The van der Waals surface area contributed by atoms with Crippen LogP contribution in [0.2, 0.25) is 0 Å². The first-order chi connectivity index (χ1) is 11.8. The average molecular weight is 413 g/mol. The fraction of sp³-hybridized carbons (Fsp3) is 0.625. The second kappa shape index (κ2) is 7.47. The van der Waals surface area contributed by atoms with E-state index in [4.69, 9.17) is 0 Å². The van der Waals surface area contributed by atoms with E-state index in [1.165, 1.54) is 0 Å². The van der Waals surface area contributed by atoms with Crippen LogP contribution in [0.15, 0.2) is 29.2 Å². The van der Waals surface area contributed by atoms with E-state index >= 15 is 0 Å². The lowest BCUT2D eigenvalue weighted by atomic mass is 10.2. The third kappa shape index (κ3) is 4.77. The van der Waals surface area contributed by atoms with Crippen molar-refractivity contribution in [2.75, 3.05) is 18.8 Å². The van der Waals surface area contributed by atoms with Gasteiger partial charge in [-0.2, -0.15) is 17.5 Å². The normalized spacial score (nSPS) is 18.4. The number of sulfonamides is 1. The molecule has 148 valence electrons. The summed E-state index contributed by atoms with van der Waals surface area (Å²) in [6.07, 6.45) is -4.34. The van der Waals surface area contributed by atoms with Gasteiger partial charge < -0.3 is 0 Å². The number of rotatable bonds is 5. The van der Waals surface area contributed by atoms with E-state index in [0.717, 1.165) is 22.5 Å². The van der Waals surface area contributed by atoms with Crippen LogP contribution >= 0.6 is 0 Å². The third-order valence-electron chi connectivity index (χ3n) is 4.27. The van der Waals surface area contributed by atoms with Crippen molar-refractivity contribution in [2.24, 2.45) is 5.92 Å². The topological polar surface area (TPSA) is 71.5 Å². The number of benzene rings is 1. The Morgan fingerprint density at radius 1 is 1.12 bits per heavy atom. The van der Waals surface area contributed by atoms with Crippen molar-refractivity contribution in [2.45, 2.75) is 43.0 Å². The van der Waals surface area contributed by atoms with Crippen molar-refractivity contribution < 1.29 is 30.0 Å². The molecule has 0 bridgehead atoms. The van der Waals surface area contributed by atoms with Gasteiger partial charge in [0.1, 0.15) is 0 Å². The number of hydrogen-bond donors (Lipinski definition) is 0. The maximum atomic E-state index is 12.8. The zero-order valence-electron chi connectivity index (χ0n) is 14.5. The Morgan fingerprint density at radius 2 is 1.69 bits per heavy atom. The van der Waals surface area contributed by atoms with Crippen LogP contribution in [0.3, 0.4) is 0 Å². The predicted molar refractivity (Wildman–Crippen MR) is 91.8 cm³/mol. The monoisotopic (exact) mass is 413 g/mol. The second-order valence-corrected chi connectivity index (χ2v) is 11.1. The van der Waals surface area contributed by atoms with Crippen LogP contribution in [0.1, 0.15) is 32.3 Å². The van der Waals surface area contributed by atoms with Crippen LogP contribution in [-0.2, 0) is 26.0 Å². The molecule has 10 heteroatoms. The minimum Gasteiger partial charge on any atom is -0.229 e. The zero-order chi connectivity index (χ0) is 19.8. The number of alkyl halides is 3. The summed E-state index contributed by atoms with van der Waals surface area (Å²) in [6.45, 7) is 3.54. The summed E-state index contributed by atoms with van der Waals surface area (Å²) in [5, 5.41) is -0.613. The molecule has 0 aromatic heterocycles. The number of hydrogen-bond acceptors (Lipinski definition) is 4. The molecule has 0 unspecified atom stereocenters. The molecule has 1 heterocycles. The molecule has 0 spiro atoms. The van der Waals surface area contributed by atoms with Crippen molar-refractivity contribution in [1.82, 2.24) is 4.31 Å². The summed E-state index contributed by atoms with van der Waals surface area (Å²) < 4.78 is 89.3. The maximum Gasteiger partial charge on any atom is 0.416 e. The molecule has 1 aliphatic rings. The Balaban J connectivity index is 2.16. The first-order valence-electron chi connectivity index (χ1n) is 8.23. The van der Waals surface area contributed by atoms with Crippen LogP contribution in [0.25, 0.3) is 0 Å². The minimum absolute atomic E-state index is 0.0214. The molecule has 1 fully saturated rings. The lowest BCUT2D eigenvalue weighted by Gasteiger charge is -2.31. The van der Waals surface area contributed by atoms with Gasteiger partial charge in [-0.25, -0.2) is 16.8 Å².